The maximum atomic E-state index is 12.5. The zero-order chi connectivity index (χ0) is 17.0. The van der Waals surface area contributed by atoms with E-state index in [4.69, 9.17) is 5.11 Å². The molecule has 0 fully saturated rings. The van der Waals surface area contributed by atoms with Crippen molar-refractivity contribution in [2.24, 2.45) is 0 Å². The van der Waals surface area contributed by atoms with Crippen LogP contribution in [-0.2, 0) is 14.8 Å². The average molecular weight is 334 g/mol. The summed E-state index contributed by atoms with van der Waals surface area (Å²) in [5.74, 6) is -0.570. The third kappa shape index (κ3) is 4.30. The Morgan fingerprint density at radius 2 is 1.78 bits per heavy atom. The number of carbonyl (C=O) groups excluding carboxylic acids is 1. The molecule has 0 spiro atoms. The second kappa shape index (κ2) is 6.80. The Bertz CT molecular complexity index is 832. The first-order chi connectivity index (χ1) is 10.8. The molecule has 0 aromatic heterocycles. The maximum Gasteiger partial charge on any atom is 0.262 e. The van der Waals surface area contributed by atoms with E-state index in [0.29, 0.717) is 16.9 Å². The van der Waals surface area contributed by atoms with Gasteiger partial charge in [0.2, 0.25) is 5.91 Å². The van der Waals surface area contributed by atoms with Crippen molar-refractivity contribution in [1.29, 1.82) is 0 Å². The zero-order valence-electron chi connectivity index (χ0n) is 12.8. The quantitative estimate of drug-likeness (QED) is 0.779. The van der Waals surface area contributed by atoms with Crippen molar-refractivity contribution >= 4 is 27.3 Å². The molecule has 0 aliphatic heterocycles. The standard InChI is InChI=1S/C16H18N2O4S/c1-11-6-7-12(2)15(8-11)23(21,22)18-14-5-3-4-13(9-14)17-16(20)10-19/h3-9,18-19H,10H2,1-2H3,(H,17,20). The smallest absolute Gasteiger partial charge is 0.262 e. The molecule has 2 rings (SSSR count). The maximum absolute atomic E-state index is 12.5. The van der Waals surface area contributed by atoms with Gasteiger partial charge >= 0.3 is 0 Å². The number of hydrogen-bond donors (Lipinski definition) is 3. The van der Waals surface area contributed by atoms with Gasteiger partial charge in [0.1, 0.15) is 6.61 Å². The van der Waals surface area contributed by atoms with Crippen LogP contribution in [0.1, 0.15) is 11.1 Å². The average Bonchev–Trinajstić information content (AvgIpc) is 2.49. The molecule has 0 radical (unpaired) electrons. The summed E-state index contributed by atoms with van der Waals surface area (Å²) in [7, 11) is -3.73. The molecule has 0 unspecified atom stereocenters. The van der Waals surface area contributed by atoms with E-state index in [-0.39, 0.29) is 4.90 Å². The molecule has 1 amide bonds. The van der Waals surface area contributed by atoms with Gasteiger partial charge < -0.3 is 10.4 Å². The fourth-order valence-electron chi connectivity index (χ4n) is 2.07. The van der Waals surface area contributed by atoms with E-state index in [1.54, 1.807) is 37.3 Å². The number of aryl methyl sites for hydroxylation is 2. The van der Waals surface area contributed by atoms with Crippen LogP contribution in [-0.4, -0.2) is 26.0 Å². The van der Waals surface area contributed by atoms with Crippen molar-refractivity contribution in [3.8, 4) is 0 Å². The molecule has 2 aromatic carbocycles. The summed E-state index contributed by atoms with van der Waals surface area (Å²) in [4.78, 5) is 11.4. The lowest BCUT2D eigenvalue weighted by Gasteiger charge is -2.12. The Hall–Kier alpha value is -2.38. The third-order valence-electron chi connectivity index (χ3n) is 3.18. The van der Waals surface area contributed by atoms with Crippen LogP contribution in [0.3, 0.4) is 0 Å². The molecule has 23 heavy (non-hydrogen) atoms. The Morgan fingerprint density at radius 1 is 1.09 bits per heavy atom. The minimum absolute atomic E-state index is 0.210. The van der Waals surface area contributed by atoms with Crippen molar-refractivity contribution in [2.45, 2.75) is 18.7 Å². The van der Waals surface area contributed by atoms with E-state index < -0.39 is 22.5 Å². The lowest BCUT2D eigenvalue weighted by Crippen LogP contribution is -2.16. The van der Waals surface area contributed by atoms with Gasteiger partial charge in [-0.25, -0.2) is 8.42 Å². The first kappa shape index (κ1) is 17.0. The molecule has 122 valence electrons. The largest absolute Gasteiger partial charge is 0.387 e. The fraction of sp³-hybridized carbons (Fsp3) is 0.188. The topological polar surface area (TPSA) is 95.5 Å². The number of aliphatic hydroxyl groups excluding tert-OH is 1. The number of anilines is 2. The number of aliphatic hydroxyl groups is 1. The van der Waals surface area contributed by atoms with Crippen LogP contribution in [0.15, 0.2) is 47.4 Å². The molecule has 3 N–H and O–H groups in total. The van der Waals surface area contributed by atoms with Crippen LogP contribution in [0.2, 0.25) is 0 Å². The number of benzene rings is 2. The minimum atomic E-state index is -3.73. The van der Waals surface area contributed by atoms with Gasteiger partial charge in [0, 0.05) is 5.69 Å². The van der Waals surface area contributed by atoms with E-state index >= 15 is 0 Å². The van der Waals surface area contributed by atoms with E-state index in [2.05, 4.69) is 10.0 Å². The van der Waals surface area contributed by atoms with Gasteiger partial charge in [-0.05, 0) is 49.2 Å². The Kier molecular flexibility index (Phi) is 5.02. The summed E-state index contributed by atoms with van der Waals surface area (Å²) in [6, 6.07) is 11.5. The predicted octanol–water partition coefficient (Wildman–Crippen LogP) is 2.04. The highest BCUT2D eigenvalue weighted by atomic mass is 32.2. The van der Waals surface area contributed by atoms with Crippen molar-refractivity contribution in [1.82, 2.24) is 0 Å². The van der Waals surface area contributed by atoms with Crippen LogP contribution < -0.4 is 10.0 Å². The lowest BCUT2D eigenvalue weighted by molar-refractivity contribution is -0.118. The second-order valence-electron chi connectivity index (χ2n) is 5.16. The molecular formula is C16H18N2O4S. The Morgan fingerprint density at radius 3 is 2.48 bits per heavy atom. The SMILES string of the molecule is Cc1ccc(C)c(S(=O)(=O)Nc2cccc(NC(=O)CO)c2)c1. The van der Waals surface area contributed by atoms with Crippen molar-refractivity contribution < 1.29 is 18.3 Å². The van der Waals surface area contributed by atoms with Gasteiger partial charge in [0.15, 0.2) is 0 Å². The van der Waals surface area contributed by atoms with Crippen LogP contribution in [0.4, 0.5) is 11.4 Å². The fourth-order valence-corrected chi connectivity index (χ4v) is 3.45. The molecule has 6 nitrogen and oxygen atoms in total. The number of amides is 1. The number of hydrogen-bond acceptors (Lipinski definition) is 4. The Labute approximate surface area is 135 Å². The third-order valence-corrected chi connectivity index (χ3v) is 4.70. The molecule has 0 atom stereocenters. The molecule has 0 saturated carbocycles. The van der Waals surface area contributed by atoms with Gasteiger partial charge in [-0.15, -0.1) is 0 Å². The number of sulfonamides is 1. The van der Waals surface area contributed by atoms with Crippen molar-refractivity contribution in [3.05, 3.63) is 53.6 Å². The monoisotopic (exact) mass is 334 g/mol. The molecule has 0 aliphatic rings. The van der Waals surface area contributed by atoms with Crippen molar-refractivity contribution in [2.75, 3.05) is 16.6 Å². The predicted molar refractivity (Wildman–Crippen MR) is 88.9 cm³/mol. The van der Waals surface area contributed by atoms with Crippen LogP contribution in [0.5, 0.6) is 0 Å². The van der Waals surface area contributed by atoms with E-state index in [9.17, 15) is 13.2 Å². The highest BCUT2D eigenvalue weighted by Gasteiger charge is 2.17. The van der Waals surface area contributed by atoms with Gasteiger partial charge in [-0.2, -0.15) is 0 Å². The molecule has 7 heteroatoms. The normalized spacial score (nSPS) is 11.1. The van der Waals surface area contributed by atoms with E-state index in [0.717, 1.165) is 5.56 Å². The van der Waals surface area contributed by atoms with E-state index in [1.165, 1.54) is 6.07 Å². The van der Waals surface area contributed by atoms with E-state index in [1.807, 2.05) is 13.0 Å². The zero-order valence-corrected chi connectivity index (χ0v) is 13.6. The summed E-state index contributed by atoms with van der Waals surface area (Å²) >= 11 is 0. The first-order valence-electron chi connectivity index (χ1n) is 6.92. The Balaban J connectivity index is 2.29. The van der Waals surface area contributed by atoms with Crippen molar-refractivity contribution in [3.63, 3.8) is 0 Å². The molecule has 0 heterocycles. The molecule has 0 saturated heterocycles. The summed E-state index contributed by atoms with van der Waals surface area (Å²) in [5, 5.41) is 11.2. The van der Waals surface area contributed by atoms with Gasteiger partial charge in [0.05, 0.1) is 10.6 Å². The van der Waals surface area contributed by atoms with Crippen LogP contribution >= 0.6 is 0 Å². The highest BCUT2D eigenvalue weighted by Crippen LogP contribution is 2.22. The summed E-state index contributed by atoms with van der Waals surface area (Å²) in [6.45, 7) is 2.91. The van der Waals surface area contributed by atoms with Gasteiger partial charge in [-0.3, -0.25) is 9.52 Å². The molecular weight excluding hydrogens is 316 g/mol. The minimum Gasteiger partial charge on any atom is -0.387 e. The highest BCUT2D eigenvalue weighted by molar-refractivity contribution is 7.92. The summed E-state index contributed by atoms with van der Waals surface area (Å²) < 4.78 is 27.5. The van der Waals surface area contributed by atoms with Gasteiger partial charge in [-0.1, -0.05) is 18.2 Å². The first-order valence-corrected chi connectivity index (χ1v) is 8.41. The number of carbonyl (C=O) groups is 1. The molecule has 0 aliphatic carbocycles. The van der Waals surface area contributed by atoms with Crippen LogP contribution in [0, 0.1) is 13.8 Å². The molecule has 2 aromatic rings. The number of nitrogens with one attached hydrogen (secondary N) is 2. The second-order valence-corrected chi connectivity index (χ2v) is 6.81. The lowest BCUT2D eigenvalue weighted by atomic mass is 10.2. The summed E-state index contributed by atoms with van der Waals surface area (Å²) in [5.41, 5.74) is 2.21. The number of rotatable bonds is 5. The summed E-state index contributed by atoms with van der Waals surface area (Å²) in [6.07, 6.45) is 0. The molecule has 0 bridgehead atoms. The van der Waals surface area contributed by atoms with Crippen LogP contribution in [0.25, 0.3) is 0 Å². The van der Waals surface area contributed by atoms with Gasteiger partial charge in [0.25, 0.3) is 10.0 Å².